The van der Waals surface area contributed by atoms with Crippen molar-refractivity contribution in [2.45, 2.75) is 19.4 Å². The monoisotopic (exact) mass is 256 g/mol. The van der Waals surface area contributed by atoms with Crippen LogP contribution in [0.25, 0.3) is 0 Å². The van der Waals surface area contributed by atoms with Gasteiger partial charge in [-0.15, -0.1) is 11.3 Å². The Morgan fingerprint density at radius 2 is 2.50 bits per heavy atom. The average Bonchev–Trinajstić information content (AvgIpc) is 2.88. The van der Waals surface area contributed by atoms with Crippen LogP contribution < -0.4 is 5.32 Å². The predicted octanol–water partition coefficient (Wildman–Crippen LogP) is 3.28. The first-order chi connectivity index (χ1) is 7.81. The van der Waals surface area contributed by atoms with E-state index < -0.39 is 0 Å². The molecule has 2 heterocycles. The maximum atomic E-state index is 5.99. The molecule has 1 atom stereocenters. The molecule has 0 aliphatic heterocycles. The minimum absolute atomic E-state index is 0.169. The van der Waals surface area contributed by atoms with E-state index in [9.17, 15) is 0 Å². The molecule has 2 aromatic heterocycles. The fraction of sp³-hybridized carbons (Fsp3) is 0.364. The molecule has 1 N–H and O–H groups in total. The van der Waals surface area contributed by atoms with Crippen LogP contribution in [0.2, 0.25) is 5.22 Å². The summed E-state index contributed by atoms with van der Waals surface area (Å²) >= 11 is 7.64. The summed E-state index contributed by atoms with van der Waals surface area (Å²) in [6, 6.07) is 2.07. The van der Waals surface area contributed by atoms with Crippen molar-refractivity contribution in [2.24, 2.45) is 0 Å². The van der Waals surface area contributed by atoms with E-state index in [-0.39, 0.29) is 6.04 Å². The van der Waals surface area contributed by atoms with Gasteiger partial charge in [-0.1, -0.05) is 6.92 Å². The van der Waals surface area contributed by atoms with E-state index in [2.05, 4.69) is 17.2 Å². The molecule has 0 radical (unpaired) electrons. The standard InChI is InChI=1S/C11H13ClN2OS/c1-2-13-9(7-10-14-4-6-16-10)8-3-5-15-11(8)12/h3-6,9,13H,2,7H2,1H3. The molecular weight excluding hydrogens is 244 g/mol. The minimum atomic E-state index is 0.169. The van der Waals surface area contributed by atoms with Gasteiger partial charge in [-0.3, -0.25) is 0 Å². The van der Waals surface area contributed by atoms with E-state index in [0.717, 1.165) is 23.5 Å². The van der Waals surface area contributed by atoms with E-state index in [0.29, 0.717) is 5.22 Å². The summed E-state index contributed by atoms with van der Waals surface area (Å²) in [5.41, 5.74) is 0.999. The van der Waals surface area contributed by atoms with Crippen LogP contribution in [0.1, 0.15) is 23.5 Å². The third kappa shape index (κ3) is 2.64. The topological polar surface area (TPSA) is 38.1 Å². The largest absolute Gasteiger partial charge is 0.453 e. The van der Waals surface area contributed by atoms with Crippen LogP contribution in [0.15, 0.2) is 28.3 Å². The van der Waals surface area contributed by atoms with Crippen molar-refractivity contribution < 1.29 is 4.42 Å². The van der Waals surface area contributed by atoms with Gasteiger partial charge in [0.25, 0.3) is 0 Å². The van der Waals surface area contributed by atoms with E-state index in [1.807, 2.05) is 17.6 Å². The molecule has 2 aromatic rings. The summed E-state index contributed by atoms with van der Waals surface area (Å²) in [5, 5.41) is 6.93. The number of rotatable bonds is 5. The predicted molar refractivity (Wildman–Crippen MR) is 66.0 cm³/mol. The average molecular weight is 257 g/mol. The second kappa shape index (κ2) is 5.48. The summed E-state index contributed by atoms with van der Waals surface area (Å²) in [7, 11) is 0. The molecule has 0 saturated heterocycles. The Bertz CT molecular complexity index is 427. The molecule has 86 valence electrons. The second-order valence-corrected chi connectivity index (χ2v) is 4.71. The lowest BCUT2D eigenvalue weighted by Gasteiger charge is -2.15. The first-order valence-corrected chi connectivity index (χ1v) is 6.41. The van der Waals surface area contributed by atoms with Crippen molar-refractivity contribution >= 4 is 22.9 Å². The molecule has 16 heavy (non-hydrogen) atoms. The summed E-state index contributed by atoms with van der Waals surface area (Å²) in [6.45, 7) is 2.96. The number of hydrogen-bond donors (Lipinski definition) is 1. The van der Waals surface area contributed by atoms with E-state index >= 15 is 0 Å². The Morgan fingerprint density at radius 3 is 3.06 bits per heavy atom. The lowest BCUT2D eigenvalue weighted by molar-refractivity contribution is 0.525. The van der Waals surface area contributed by atoms with Crippen LogP contribution >= 0.6 is 22.9 Å². The molecule has 5 heteroatoms. The molecule has 3 nitrogen and oxygen atoms in total. The Balaban J connectivity index is 2.14. The quantitative estimate of drug-likeness (QED) is 0.892. The Kier molecular flexibility index (Phi) is 3.98. The van der Waals surface area contributed by atoms with Gasteiger partial charge < -0.3 is 9.73 Å². The molecule has 0 spiro atoms. The molecule has 0 bridgehead atoms. The molecule has 0 amide bonds. The Morgan fingerprint density at radius 1 is 1.62 bits per heavy atom. The highest BCUT2D eigenvalue weighted by molar-refractivity contribution is 7.09. The lowest BCUT2D eigenvalue weighted by atomic mass is 10.1. The van der Waals surface area contributed by atoms with Crippen molar-refractivity contribution in [3.05, 3.63) is 39.7 Å². The maximum absolute atomic E-state index is 5.99. The molecule has 0 fully saturated rings. The summed E-state index contributed by atoms with van der Waals surface area (Å²) < 4.78 is 5.12. The normalized spacial score (nSPS) is 12.9. The van der Waals surface area contributed by atoms with Crippen molar-refractivity contribution in [3.8, 4) is 0 Å². The zero-order chi connectivity index (χ0) is 11.4. The van der Waals surface area contributed by atoms with Crippen LogP contribution in [-0.4, -0.2) is 11.5 Å². The van der Waals surface area contributed by atoms with Crippen LogP contribution in [0.4, 0.5) is 0 Å². The number of nitrogens with one attached hydrogen (secondary N) is 1. The number of halogens is 1. The van der Waals surface area contributed by atoms with Crippen LogP contribution in [0, 0.1) is 0 Å². The van der Waals surface area contributed by atoms with Crippen molar-refractivity contribution in [1.29, 1.82) is 0 Å². The number of furan rings is 1. The molecular formula is C11H13ClN2OS. The van der Waals surface area contributed by atoms with Gasteiger partial charge in [0.2, 0.25) is 0 Å². The number of aromatic nitrogens is 1. The van der Waals surface area contributed by atoms with Crippen molar-refractivity contribution in [1.82, 2.24) is 10.3 Å². The maximum Gasteiger partial charge on any atom is 0.197 e. The third-order valence-electron chi connectivity index (χ3n) is 2.33. The molecule has 0 aliphatic carbocycles. The van der Waals surface area contributed by atoms with Crippen LogP contribution in [0.3, 0.4) is 0 Å². The smallest absolute Gasteiger partial charge is 0.197 e. The third-order valence-corrected chi connectivity index (χ3v) is 3.44. The van der Waals surface area contributed by atoms with Gasteiger partial charge in [0.15, 0.2) is 5.22 Å². The summed E-state index contributed by atoms with van der Waals surface area (Å²) in [5.74, 6) is 0. The fourth-order valence-corrected chi connectivity index (χ4v) is 2.53. The fourth-order valence-electron chi connectivity index (χ4n) is 1.62. The number of hydrogen-bond acceptors (Lipinski definition) is 4. The summed E-state index contributed by atoms with van der Waals surface area (Å²) in [6.07, 6.45) is 4.27. The Hall–Kier alpha value is -0.840. The first-order valence-electron chi connectivity index (χ1n) is 5.16. The summed E-state index contributed by atoms with van der Waals surface area (Å²) in [4.78, 5) is 4.28. The van der Waals surface area contributed by atoms with E-state index in [1.54, 1.807) is 17.6 Å². The highest BCUT2D eigenvalue weighted by Crippen LogP contribution is 2.27. The van der Waals surface area contributed by atoms with Gasteiger partial charge in [0.05, 0.1) is 11.3 Å². The number of nitrogens with zero attached hydrogens (tertiary/aromatic N) is 1. The first kappa shape index (κ1) is 11.6. The van der Waals surface area contributed by atoms with E-state index in [4.69, 9.17) is 16.0 Å². The van der Waals surface area contributed by atoms with E-state index in [1.165, 1.54) is 0 Å². The minimum Gasteiger partial charge on any atom is -0.453 e. The van der Waals surface area contributed by atoms with Gasteiger partial charge in [-0.25, -0.2) is 4.98 Å². The van der Waals surface area contributed by atoms with Gasteiger partial charge in [-0.05, 0) is 24.2 Å². The van der Waals surface area contributed by atoms with Crippen LogP contribution in [0.5, 0.6) is 0 Å². The SMILES string of the molecule is CCNC(Cc1nccs1)c1ccoc1Cl. The highest BCUT2D eigenvalue weighted by Gasteiger charge is 2.17. The van der Waals surface area contributed by atoms with Crippen molar-refractivity contribution in [3.63, 3.8) is 0 Å². The number of likely N-dealkylation sites (N-methyl/N-ethyl adjacent to an activating group) is 1. The highest BCUT2D eigenvalue weighted by atomic mass is 35.5. The van der Waals surface area contributed by atoms with Crippen LogP contribution in [-0.2, 0) is 6.42 Å². The van der Waals surface area contributed by atoms with Gasteiger partial charge in [0.1, 0.15) is 0 Å². The molecule has 0 aliphatic rings. The molecule has 1 unspecified atom stereocenters. The van der Waals surface area contributed by atoms with Gasteiger partial charge in [-0.2, -0.15) is 0 Å². The second-order valence-electron chi connectivity index (χ2n) is 3.39. The van der Waals surface area contributed by atoms with Gasteiger partial charge in [0, 0.05) is 29.6 Å². The Labute approximate surface area is 103 Å². The zero-order valence-corrected chi connectivity index (χ0v) is 10.5. The van der Waals surface area contributed by atoms with Crippen molar-refractivity contribution in [2.75, 3.05) is 6.54 Å². The lowest BCUT2D eigenvalue weighted by Crippen LogP contribution is -2.22. The molecule has 0 aromatic carbocycles. The molecule has 2 rings (SSSR count). The molecule has 0 saturated carbocycles. The van der Waals surface area contributed by atoms with Gasteiger partial charge >= 0.3 is 0 Å². The number of thiazole rings is 1. The zero-order valence-electron chi connectivity index (χ0n) is 8.94.